The highest BCUT2D eigenvalue weighted by Gasteiger charge is 2.11. The summed E-state index contributed by atoms with van der Waals surface area (Å²) < 4.78 is 2.27. The zero-order chi connectivity index (χ0) is 18.1. The quantitative estimate of drug-likeness (QED) is 0.372. The van der Waals surface area contributed by atoms with E-state index in [-0.39, 0.29) is 0 Å². The fourth-order valence-electron chi connectivity index (χ4n) is 3.62. The Morgan fingerprint density at radius 1 is 0.593 bits per heavy atom. The third kappa shape index (κ3) is 2.81. The van der Waals surface area contributed by atoms with Crippen LogP contribution in [0.5, 0.6) is 0 Å². The van der Waals surface area contributed by atoms with Crippen LogP contribution in [0.25, 0.3) is 38.8 Å². The molecule has 0 N–H and O–H groups in total. The van der Waals surface area contributed by atoms with E-state index in [1.54, 1.807) is 0 Å². The Morgan fingerprint density at radius 2 is 1.33 bits per heavy atom. The minimum Gasteiger partial charge on any atom is -0.316 e. The molecule has 0 aliphatic heterocycles. The van der Waals surface area contributed by atoms with Gasteiger partial charge in [-0.05, 0) is 53.1 Å². The van der Waals surface area contributed by atoms with Crippen molar-refractivity contribution in [3.8, 4) is 27.9 Å². The molecule has 0 amide bonds. The third-order valence-electron chi connectivity index (χ3n) is 4.93. The molecule has 0 aliphatic rings. The van der Waals surface area contributed by atoms with E-state index in [0.717, 1.165) is 0 Å². The molecule has 0 radical (unpaired) electrons. The van der Waals surface area contributed by atoms with Crippen molar-refractivity contribution in [1.29, 1.82) is 0 Å². The summed E-state index contributed by atoms with van der Waals surface area (Å²) in [5, 5.41) is 1.26. The van der Waals surface area contributed by atoms with Gasteiger partial charge in [-0.15, -0.1) is 0 Å². The predicted molar refractivity (Wildman–Crippen MR) is 112 cm³/mol. The number of aromatic nitrogens is 2. The molecule has 0 saturated carbocycles. The fraction of sp³-hybridized carbons (Fsp3) is 0. The molecule has 0 fully saturated rings. The van der Waals surface area contributed by atoms with Crippen LogP contribution >= 0.6 is 0 Å². The number of para-hydroxylation sites is 2. The average molecular weight is 346 g/mol. The number of nitrogens with zero attached hydrogens (tertiary/aromatic N) is 2. The Kier molecular flexibility index (Phi) is 3.80. The van der Waals surface area contributed by atoms with E-state index in [2.05, 4.69) is 88.5 Å². The van der Waals surface area contributed by atoms with Crippen molar-refractivity contribution in [3.63, 3.8) is 0 Å². The molecule has 2 heterocycles. The average Bonchev–Trinajstić information content (AvgIpc) is 3.15. The zero-order valence-electron chi connectivity index (χ0n) is 14.8. The van der Waals surface area contributed by atoms with Crippen LogP contribution in [0.2, 0.25) is 0 Å². The topological polar surface area (TPSA) is 17.8 Å². The van der Waals surface area contributed by atoms with Gasteiger partial charge in [-0.3, -0.25) is 4.98 Å². The second-order valence-corrected chi connectivity index (χ2v) is 6.58. The van der Waals surface area contributed by atoms with E-state index >= 15 is 0 Å². The van der Waals surface area contributed by atoms with Crippen molar-refractivity contribution < 1.29 is 0 Å². The van der Waals surface area contributed by atoms with Gasteiger partial charge in [0.15, 0.2) is 0 Å². The maximum absolute atomic E-state index is 4.13. The number of fused-ring (bicyclic) bond motifs is 1. The van der Waals surface area contributed by atoms with E-state index in [1.807, 2.05) is 30.6 Å². The predicted octanol–water partition coefficient (Wildman–Crippen LogP) is 6.36. The van der Waals surface area contributed by atoms with Gasteiger partial charge in [0.2, 0.25) is 0 Å². The molecule has 0 atom stereocenters. The van der Waals surface area contributed by atoms with Gasteiger partial charge in [0.05, 0.1) is 5.52 Å². The highest BCUT2D eigenvalue weighted by atomic mass is 15.0. The van der Waals surface area contributed by atoms with E-state index < -0.39 is 0 Å². The number of hydrogen-bond donors (Lipinski definition) is 0. The highest BCUT2D eigenvalue weighted by Crippen LogP contribution is 2.34. The van der Waals surface area contributed by atoms with Crippen molar-refractivity contribution in [3.05, 3.63) is 110 Å². The number of hydrogen-bond acceptors (Lipinski definition) is 1. The van der Waals surface area contributed by atoms with Crippen LogP contribution in [0, 0.1) is 0 Å². The van der Waals surface area contributed by atoms with Gasteiger partial charge in [-0.25, -0.2) is 0 Å². The molecule has 0 unspecified atom stereocenters. The highest BCUT2D eigenvalue weighted by molar-refractivity contribution is 5.97. The van der Waals surface area contributed by atoms with Gasteiger partial charge >= 0.3 is 0 Å². The SMILES string of the molecule is c1ccc(-n2cc(-c3cccc(-c4ccncc4)c3)c3ccccc32)cc1. The molecule has 0 saturated heterocycles. The first-order valence-electron chi connectivity index (χ1n) is 9.06. The summed E-state index contributed by atoms with van der Waals surface area (Å²) in [7, 11) is 0. The maximum Gasteiger partial charge on any atom is 0.0534 e. The van der Waals surface area contributed by atoms with Crippen LogP contribution in [0.4, 0.5) is 0 Å². The first-order valence-corrected chi connectivity index (χ1v) is 9.06. The van der Waals surface area contributed by atoms with Crippen molar-refractivity contribution in [2.45, 2.75) is 0 Å². The molecule has 2 aromatic heterocycles. The van der Waals surface area contributed by atoms with Crippen LogP contribution in [-0.2, 0) is 0 Å². The summed E-state index contributed by atoms with van der Waals surface area (Å²) in [4.78, 5) is 4.13. The van der Waals surface area contributed by atoms with Crippen molar-refractivity contribution in [2.75, 3.05) is 0 Å². The largest absolute Gasteiger partial charge is 0.316 e. The van der Waals surface area contributed by atoms with E-state index in [0.29, 0.717) is 0 Å². The van der Waals surface area contributed by atoms with Crippen LogP contribution in [-0.4, -0.2) is 9.55 Å². The first-order chi connectivity index (χ1) is 13.4. The monoisotopic (exact) mass is 346 g/mol. The second kappa shape index (κ2) is 6.58. The summed E-state index contributed by atoms with van der Waals surface area (Å²) in [6.45, 7) is 0. The minimum atomic E-state index is 1.17. The Morgan fingerprint density at radius 3 is 2.19 bits per heavy atom. The summed E-state index contributed by atoms with van der Waals surface area (Å²) >= 11 is 0. The molecule has 2 nitrogen and oxygen atoms in total. The van der Waals surface area contributed by atoms with Gasteiger partial charge in [-0.1, -0.05) is 54.6 Å². The van der Waals surface area contributed by atoms with Gasteiger partial charge in [0, 0.05) is 35.2 Å². The molecule has 0 bridgehead atoms. The Balaban J connectivity index is 1.71. The van der Waals surface area contributed by atoms with Crippen molar-refractivity contribution >= 4 is 10.9 Å². The second-order valence-electron chi connectivity index (χ2n) is 6.58. The maximum atomic E-state index is 4.13. The standard InChI is InChI=1S/C25H18N2/c1-2-9-22(10-3-1)27-18-24(23-11-4-5-12-25(23)27)21-8-6-7-20(17-21)19-13-15-26-16-14-19/h1-18H. The summed E-state index contributed by atoms with van der Waals surface area (Å²) in [5.41, 5.74) is 7.23. The lowest BCUT2D eigenvalue weighted by Crippen LogP contribution is -1.90. The molecule has 0 aliphatic carbocycles. The molecular formula is C25H18N2. The van der Waals surface area contributed by atoms with E-state index in [9.17, 15) is 0 Å². The Labute approximate surface area is 158 Å². The van der Waals surface area contributed by atoms with Crippen LogP contribution in [0.15, 0.2) is 110 Å². The lowest BCUT2D eigenvalue weighted by Gasteiger charge is -2.05. The molecule has 0 spiro atoms. The Hall–Kier alpha value is -3.65. The number of rotatable bonds is 3. The molecule has 5 aromatic rings. The normalized spacial score (nSPS) is 11.0. The summed E-state index contributed by atoms with van der Waals surface area (Å²) in [5.74, 6) is 0. The summed E-state index contributed by atoms with van der Waals surface area (Å²) in [6, 6.07) is 31.9. The lowest BCUT2D eigenvalue weighted by molar-refractivity contribution is 1.13. The molecule has 3 aromatic carbocycles. The van der Waals surface area contributed by atoms with Gasteiger partial charge < -0.3 is 4.57 Å². The molecule has 27 heavy (non-hydrogen) atoms. The number of pyridine rings is 1. The van der Waals surface area contributed by atoms with Crippen LogP contribution in [0.1, 0.15) is 0 Å². The molecular weight excluding hydrogens is 328 g/mol. The lowest BCUT2D eigenvalue weighted by atomic mass is 9.99. The molecule has 5 rings (SSSR count). The van der Waals surface area contributed by atoms with Crippen molar-refractivity contribution in [1.82, 2.24) is 9.55 Å². The fourth-order valence-corrected chi connectivity index (χ4v) is 3.62. The van der Waals surface area contributed by atoms with E-state index in [4.69, 9.17) is 0 Å². The Bertz CT molecular complexity index is 1210. The zero-order valence-corrected chi connectivity index (χ0v) is 14.8. The third-order valence-corrected chi connectivity index (χ3v) is 4.93. The van der Waals surface area contributed by atoms with Gasteiger partial charge in [-0.2, -0.15) is 0 Å². The minimum absolute atomic E-state index is 1.17. The summed E-state index contributed by atoms with van der Waals surface area (Å²) in [6.07, 6.45) is 5.91. The number of benzene rings is 3. The van der Waals surface area contributed by atoms with E-state index in [1.165, 1.54) is 38.8 Å². The van der Waals surface area contributed by atoms with Crippen LogP contribution < -0.4 is 0 Å². The first kappa shape index (κ1) is 15.6. The van der Waals surface area contributed by atoms with Gasteiger partial charge in [0.25, 0.3) is 0 Å². The van der Waals surface area contributed by atoms with Crippen LogP contribution in [0.3, 0.4) is 0 Å². The van der Waals surface area contributed by atoms with Crippen molar-refractivity contribution in [2.24, 2.45) is 0 Å². The van der Waals surface area contributed by atoms with Gasteiger partial charge in [0.1, 0.15) is 0 Å². The molecule has 128 valence electrons. The smallest absolute Gasteiger partial charge is 0.0534 e. The molecule has 2 heteroatoms.